The van der Waals surface area contributed by atoms with Gasteiger partial charge >= 0.3 is 0 Å². The molecule has 2 fully saturated rings. The van der Waals surface area contributed by atoms with Crippen LogP contribution < -0.4 is 0 Å². The third-order valence-corrected chi connectivity index (χ3v) is 11.9. The van der Waals surface area contributed by atoms with Crippen molar-refractivity contribution in [3.8, 4) is 0 Å². The van der Waals surface area contributed by atoms with Gasteiger partial charge in [0, 0.05) is 24.2 Å². The summed E-state index contributed by atoms with van der Waals surface area (Å²) in [5.41, 5.74) is 0. The van der Waals surface area contributed by atoms with Gasteiger partial charge in [0.05, 0.1) is 19.4 Å². The van der Waals surface area contributed by atoms with Crippen LogP contribution in [0.4, 0.5) is 0 Å². The molecule has 2 heterocycles. The van der Waals surface area contributed by atoms with Gasteiger partial charge in [0.15, 0.2) is 0 Å². The first-order valence-corrected chi connectivity index (χ1v) is 11.9. The van der Waals surface area contributed by atoms with Crippen molar-refractivity contribution in [1.82, 2.24) is 9.13 Å². The monoisotopic (exact) mass is 312 g/mol. The second kappa shape index (κ2) is 7.57. The van der Waals surface area contributed by atoms with E-state index in [1.165, 1.54) is 38.5 Å². The van der Waals surface area contributed by atoms with Crippen LogP contribution in [0.1, 0.15) is 73.1 Å². The molecule has 0 aromatic rings. The second-order valence-electron chi connectivity index (χ2n) is 7.76. The number of piperidine rings is 2. The van der Waals surface area contributed by atoms with Gasteiger partial charge in [0.25, 0.3) is 0 Å². The first-order chi connectivity index (χ1) is 9.49. The predicted octanol–water partition coefficient (Wildman–Crippen LogP) is 2.45. The summed E-state index contributed by atoms with van der Waals surface area (Å²) in [4.78, 5) is 0. The van der Waals surface area contributed by atoms with Crippen LogP contribution in [0.25, 0.3) is 0 Å². The zero-order chi connectivity index (χ0) is 14.7. The molecule has 0 bridgehead atoms. The molecule has 0 aromatic heterocycles. The van der Waals surface area contributed by atoms with E-state index in [0.717, 1.165) is 29.3 Å². The fourth-order valence-corrected chi connectivity index (χ4v) is 10.3. The van der Waals surface area contributed by atoms with E-state index >= 15 is 0 Å². The van der Waals surface area contributed by atoms with Gasteiger partial charge in [-0.05, 0) is 30.8 Å². The molecule has 2 aliphatic rings. The lowest BCUT2D eigenvalue weighted by Crippen LogP contribution is -2.51. The Morgan fingerprint density at radius 2 is 1.00 bits per heavy atom. The fraction of sp³-hybridized carbons (Fsp3) is 1.00. The van der Waals surface area contributed by atoms with Crippen LogP contribution in [0.5, 0.6) is 0 Å². The van der Waals surface area contributed by atoms with Gasteiger partial charge in [0.1, 0.15) is 0 Å². The standard InChI is InChI=1S/C16H36N2Si2/c1-12-8-6-9-13(2)17(12)19-16(5)20-18-14(3)10-7-11-15(18)4/h12-16H,6-11,19-20H2,1-5H3. The zero-order valence-electron chi connectivity index (χ0n) is 14.4. The van der Waals surface area contributed by atoms with Crippen LogP contribution in [-0.4, -0.2) is 52.7 Å². The number of rotatable bonds is 4. The van der Waals surface area contributed by atoms with Crippen molar-refractivity contribution in [1.29, 1.82) is 0 Å². The van der Waals surface area contributed by atoms with Crippen molar-refractivity contribution in [3.63, 3.8) is 0 Å². The molecular formula is C16H36N2Si2. The van der Waals surface area contributed by atoms with Crippen LogP contribution in [0.3, 0.4) is 0 Å². The Kier molecular flexibility index (Phi) is 6.33. The summed E-state index contributed by atoms with van der Waals surface area (Å²) in [6, 6.07) is 3.49. The van der Waals surface area contributed by atoms with Gasteiger partial charge in [-0.25, -0.2) is 0 Å². The summed E-state index contributed by atoms with van der Waals surface area (Å²) in [6.07, 6.45) is 8.70. The van der Waals surface area contributed by atoms with Gasteiger partial charge in [-0.2, -0.15) is 0 Å². The molecule has 0 spiro atoms. The maximum atomic E-state index is 2.94. The van der Waals surface area contributed by atoms with Crippen molar-refractivity contribution in [3.05, 3.63) is 0 Å². The van der Waals surface area contributed by atoms with Crippen LogP contribution in [0, 0.1) is 0 Å². The Labute approximate surface area is 131 Å². The molecule has 4 unspecified atom stereocenters. The highest BCUT2D eigenvalue weighted by Crippen LogP contribution is 2.26. The lowest BCUT2D eigenvalue weighted by Gasteiger charge is -2.43. The molecule has 0 N–H and O–H groups in total. The van der Waals surface area contributed by atoms with Gasteiger partial charge in [-0.3, -0.25) is 0 Å². The lowest BCUT2D eigenvalue weighted by molar-refractivity contribution is 0.199. The minimum absolute atomic E-state index is 0.0419. The van der Waals surface area contributed by atoms with Crippen LogP contribution >= 0.6 is 0 Å². The molecule has 2 aliphatic heterocycles. The van der Waals surface area contributed by atoms with E-state index in [4.69, 9.17) is 0 Å². The molecular weight excluding hydrogens is 276 g/mol. The molecule has 2 nitrogen and oxygen atoms in total. The molecule has 4 heteroatoms. The molecule has 20 heavy (non-hydrogen) atoms. The quantitative estimate of drug-likeness (QED) is 0.736. The van der Waals surface area contributed by atoms with E-state index < -0.39 is 0 Å². The van der Waals surface area contributed by atoms with Gasteiger partial charge in [0.2, 0.25) is 0 Å². The van der Waals surface area contributed by atoms with E-state index in [9.17, 15) is 0 Å². The van der Waals surface area contributed by atoms with Crippen LogP contribution in [-0.2, 0) is 0 Å². The van der Waals surface area contributed by atoms with Crippen molar-refractivity contribution < 1.29 is 0 Å². The topological polar surface area (TPSA) is 6.48 Å². The van der Waals surface area contributed by atoms with Crippen LogP contribution in [0.2, 0.25) is 5.16 Å². The number of hydrogen-bond acceptors (Lipinski definition) is 2. The average Bonchev–Trinajstić information content (AvgIpc) is 2.39. The second-order valence-corrected chi connectivity index (χ2v) is 13.9. The Bertz CT molecular complexity index is 252. The Morgan fingerprint density at radius 1 is 0.700 bits per heavy atom. The summed E-state index contributed by atoms with van der Waals surface area (Å²) in [6.45, 7) is 12.5. The molecule has 0 aromatic carbocycles. The molecule has 2 rings (SSSR count). The summed E-state index contributed by atoms with van der Waals surface area (Å²) < 4.78 is 5.89. The SMILES string of the molecule is CC([SiH2]N1C(C)CCCC1C)[SiH2]N1C(C)CCCC1C. The van der Waals surface area contributed by atoms with Gasteiger partial charge in [-0.15, -0.1) is 0 Å². The Hall–Kier alpha value is 0.354. The molecule has 0 saturated carbocycles. The highest BCUT2D eigenvalue weighted by molar-refractivity contribution is 6.55. The minimum atomic E-state index is -0.0419. The number of hydrogen-bond donors (Lipinski definition) is 0. The van der Waals surface area contributed by atoms with E-state index in [1.807, 2.05) is 0 Å². The highest BCUT2D eigenvalue weighted by atomic mass is 28.3. The average molecular weight is 313 g/mol. The van der Waals surface area contributed by atoms with Crippen molar-refractivity contribution in [2.75, 3.05) is 0 Å². The number of nitrogens with zero attached hydrogens (tertiary/aromatic N) is 2. The smallest absolute Gasteiger partial charge is 0.0966 e. The Morgan fingerprint density at radius 3 is 1.30 bits per heavy atom. The first-order valence-electron chi connectivity index (χ1n) is 9.00. The van der Waals surface area contributed by atoms with Crippen LogP contribution in [0.15, 0.2) is 0 Å². The molecule has 0 aliphatic carbocycles. The molecule has 2 saturated heterocycles. The summed E-state index contributed by atoms with van der Waals surface area (Å²) >= 11 is 0. The fourth-order valence-electron chi connectivity index (χ4n) is 4.45. The predicted molar refractivity (Wildman–Crippen MR) is 95.7 cm³/mol. The van der Waals surface area contributed by atoms with E-state index in [-0.39, 0.29) is 19.4 Å². The van der Waals surface area contributed by atoms with E-state index in [0.29, 0.717) is 0 Å². The normalized spacial score (nSPS) is 40.0. The summed E-state index contributed by atoms with van der Waals surface area (Å²) in [7, 11) is -0.0838. The van der Waals surface area contributed by atoms with E-state index in [2.05, 4.69) is 43.7 Å². The maximum absolute atomic E-state index is 2.94. The molecule has 0 radical (unpaired) electrons. The Balaban J connectivity index is 1.86. The zero-order valence-corrected chi connectivity index (χ0v) is 17.3. The molecule has 0 amide bonds. The summed E-state index contributed by atoms with van der Waals surface area (Å²) in [5.74, 6) is 0. The summed E-state index contributed by atoms with van der Waals surface area (Å²) in [5, 5.41) is 1.07. The highest BCUT2D eigenvalue weighted by Gasteiger charge is 2.29. The molecule has 118 valence electrons. The maximum Gasteiger partial charge on any atom is 0.0966 e. The molecule has 4 atom stereocenters. The third-order valence-electron chi connectivity index (χ3n) is 5.80. The minimum Gasteiger partial charge on any atom is -0.324 e. The van der Waals surface area contributed by atoms with E-state index in [1.54, 1.807) is 0 Å². The first kappa shape index (κ1) is 16.7. The van der Waals surface area contributed by atoms with Gasteiger partial charge in [-0.1, -0.05) is 47.5 Å². The van der Waals surface area contributed by atoms with Gasteiger partial charge < -0.3 is 9.13 Å². The van der Waals surface area contributed by atoms with Crippen molar-refractivity contribution in [2.45, 2.75) is 102 Å². The van der Waals surface area contributed by atoms with Crippen molar-refractivity contribution >= 4 is 19.4 Å². The third kappa shape index (κ3) is 4.18. The lowest BCUT2D eigenvalue weighted by atomic mass is 10.0. The largest absolute Gasteiger partial charge is 0.324 e. The van der Waals surface area contributed by atoms with Crippen molar-refractivity contribution in [2.24, 2.45) is 0 Å².